The summed E-state index contributed by atoms with van der Waals surface area (Å²) in [6, 6.07) is 5.41. The Bertz CT molecular complexity index is 519. The molecule has 1 aliphatic heterocycles. The molecule has 0 saturated carbocycles. The first-order valence-electron chi connectivity index (χ1n) is 5.96. The summed E-state index contributed by atoms with van der Waals surface area (Å²) in [6.45, 7) is -1.34. The van der Waals surface area contributed by atoms with Gasteiger partial charge in [-0.2, -0.15) is 13.2 Å². The van der Waals surface area contributed by atoms with E-state index in [4.69, 9.17) is 0 Å². The Labute approximate surface area is 122 Å². The van der Waals surface area contributed by atoms with Crippen LogP contribution in [-0.4, -0.2) is 32.3 Å². The smallest absolute Gasteiger partial charge is 0.371 e. The number of hydrogen-bond donors (Lipinski definition) is 0. The molecule has 0 aliphatic carbocycles. The fourth-order valence-electron chi connectivity index (χ4n) is 2.06. The number of anilines is 1. The average molecular weight is 352 g/mol. The third-order valence-electron chi connectivity index (χ3n) is 3.07. The van der Waals surface area contributed by atoms with Gasteiger partial charge >= 0.3 is 6.18 Å². The first-order chi connectivity index (χ1) is 9.28. The second kappa shape index (κ2) is 5.73. The van der Waals surface area contributed by atoms with Crippen molar-refractivity contribution < 1.29 is 22.7 Å². The van der Waals surface area contributed by atoms with E-state index in [9.17, 15) is 18.0 Å². The van der Waals surface area contributed by atoms with Gasteiger partial charge in [0.1, 0.15) is 6.61 Å². The third kappa shape index (κ3) is 3.52. The minimum Gasteiger partial charge on any atom is -0.371 e. The molecule has 1 aliphatic rings. The van der Waals surface area contributed by atoms with E-state index in [1.54, 1.807) is 24.1 Å². The van der Waals surface area contributed by atoms with E-state index in [0.29, 0.717) is 6.42 Å². The highest BCUT2D eigenvalue weighted by molar-refractivity contribution is 9.09. The lowest BCUT2D eigenvalue weighted by atomic mass is 10.1. The van der Waals surface area contributed by atoms with E-state index in [1.165, 1.54) is 0 Å². The number of nitrogens with zero attached hydrogens (tertiary/aromatic N) is 1. The minimum absolute atomic E-state index is 0.0107. The maximum Gasteiger partial charge on any atom is 0.411 e. The standard InChI is InChI=1S/C13H13BrF3NO2/c1-18-11-3-2-8(4-9(11)5-12(18)19)10(14)6-20-7-13(15,16)17/h2-4,10H,5-7H2,1H3. The fraction of sp³-hybridized carbons (Fsp3) is 0.462. The van der Waals surface area contributed by atoms with Gasteiger partial charge in [-0.05, 0) is 17.2 Å². The van der Waals surface area contributed by atoms with Gasteiger partial charge in [0.05, 0.1) is 17.9 Å². The van der Waals surface area contributed by atoms with Crippen molar-refractivity contribution in [3.63, 3.8) is 0 Å². The molecule has 0 saturated heterocycles. The van der Waals surface area contributed by atoms with Gasteiger partial charge in [0.2, 0.25) is 5.91 Å². The van der Waals surface area contributed by atoms with Crippen molar-refractivity contribution in [3.8, 4) is 0 Å². The molecule has 0 fully saturated rings. The highest BCUT2D eigenvalue weighted by atomic mass is 79.9. The van der Waals surface area contributed by atoms with Crippen LogP contribution in [0.15, 0.2) is 18.2 Å². The molecule has 2 rings (SSSR count). The van der Waals surface area contributed by atoms with E-state index in [-0.39, 0.29) is 17.3 Å². The molecule has 0 aromatic heterocycles. The summed E-state index contributed by atoms with van der Waals surface area (Å²) >= 11 is 3.30. The largest absolute Gasteiger partial charge is 0.411 e. The Kier molecular flexibility index (Phi) is 4.39. The number of fused-ring (bicyclic) bond motifs is 1. The van der Waals surface area contributed by atoms with Gasteiger partial charge in [-0.15, -0.1) is 0 Å². The van der Waals surface area contributed by atoms with E-state index < -0.39 is 12.8 Å². The molecule has 20 heavy (non-hydrogen) atoms. The molecule has 1 unspecified atom stereocenters. The lowest BCUT2D eigenvalue weighted by molar-refractivity contribution is -0.173. The highest BCUT2D eigenvalue weighted by Gasteiger charge is 2.28. The van der Waals surface area contributed by atoms with Crippen molar-refractivity contribution >= 4 is 27.5 Å². The van der Waals surface area contributed by atoms with Crippen LogP contribution in [0.25, 0.3) is 0 Å². The number of alkyl halides is 4. The third-order valence-corrected chi connectivity index (χ3v) is 3.87. The second-order valence-electron chi connectivity index (χ2n) is 4.62. The summed E-state index contributed by atoms with van der Waals surface area (Å²) < 4.78 is 40.6. The number of likely N-dealkylation sites (N-methyl/N-ethyl adjacent to an activating group) is 1. The number of rotatable bonds is 4. The van der Waals surface area contributed by atoms with Crippen LogP contribution in [0.5, 0.6) is 0 Å². The maximum atomic E-state index is 12.0. The van der Waals surface area contributed by atoms with Crippen LogP contribution < -0.4 is 4.90 Å². The molecule has 110 valence electrons. The summed E-state index contributed by atoms with van der Waals surface area (Å²) in [5.41, 5.74) is 2.53. The Morgan fingerprint density at radius 2 is 2.15 bits per heavy atom. The van der Waals surface area contributed by atoms with Crippen molar-refractivity contribution in [2.45, 2.75) is 17.4 Å². The molecule has 0 N–H and O–H groups in total. The van der Waals surface area contributed by atoms with Crippen molar-refractivity contribution in [3.05, 3.63) is 29.3 Å². The van der Waals surface area contributed by atoms with Crippen LogP contribution in [0.3, 0.4) is 0 Å². The first-order valence-corrected chi connectivity index (χ1v) is 6.87. The zero-order valence-corrected chi connectivity index (χ0v) is 12.3. The van der Waals surface area contributed by atoms with Crippen LogP contribution >= 0.6 is 15.9 Å². The monoisotopic (exact) mass is 351 g/mol. The van der Waals surface area contributed by atoms with Crippen molar-refractivity contribution in [1.82, 2.24) is 0 Å². The van der Waals surface area contributed by atoms with Crippen LogP contribution in [0, 0.1) is 0 Å². The molecule has 0 spiro atoms. The number of halogens is 4. The molecule has 1 amide bonds. The molecule has 1 aromatic carbocycles. The summed E-state index contributed by atoms with van der Waals surface area (Å²) in [5.74, 6) is 0.0107. The van der Waals surface area contributed by atoms with Gasteiger partial charge in [0.15, 0.2) is 0 Å². The number of benzene rings is 1. The van der Waals surface area contributed by atoms with Gasteiger partial charge in [-0.1, -0.05) is 28.1 Å². The van der Waals surface area contributed by atoms with E-state index in [2.05, 4.69) is 20.7 Å². The fourth-order valence-corrected chi connectivity index (χ4v) is 2.53. The van der Waals surface area contributed by atoms with Crippen molar-refractivity contribution in [2.75, 3.05) is 25.2 Å². The predicted molar refractivity (Wildman–Crippen MR) is 72.1 cm³/mol. The van der Waals surface area contributed by atoms with Gasteiger partial charge in [-0.25, -0.2) is 0 Å². The zero-order chi connectivity index (χ0) is 14.9. The van der Waals surface area contributed by atoms with Gasteiger partial charge in [-0.3, -0.25) is 4.79 Å². The van der Waals surface area contributed by atoms with Gasteiger partial charge in [0.25, 0.3) is 0 Å². The lowest BCUT2D eigenvalue weighted by Crippen LogP contribution is -2.20. The molecule has 1 atom stereocenters. The van der Waals surface area contributed by atoms with E-state index >= 15 is 0 Å². The quantitative estimate of drug-likeness (QED) is 0.779. The Hall–Kier alpha value is -1.08. The van der Waals surface area contributed by atoms with Crippen molar-refractivity contribution in [1.29, 1.82) is 0 Å². The normalized spacial score (nSPS) is 16.4. The number of hydrogen-bond acceptors (Lipinski definition) is 2. The minimum atomic E-state index is -4.32. The van der Waals surface area contributed by atoms with Gasteiger partial charge in [0, 0.05) is 12.7 Å². The Morgan fingerprint density at radius 1 is 1.45 bits per heavy atom. The molecule has 1 aromatic rings. The molecular formula is C13H13BrF3NO2. The zero-order valence-electron chi connectivity index (χ0n) is 10.7. The highest BCUT2D eigenvalue weighted by Crippen LogP contribution is 2.32. The van der Waals surface area contributed by atoms with E-state index in [0.717, 1.165) is 16.8 Å². The lowest BCUT2D eigenvalue weighted by Gasteiger charge is -2.14. The summed E-state index contributed by atoms with van der Waals surface area (Å²) in [7, 11) is 1.70. The van der Waals surface area contributed by atoms with Crippen LogP contribution in [0.1, 0.15) is 16.0 Å². The summed E-state index contributed by atoms with van der Waals surface area (Å²) in [6.07, 6.45) is -4.00. The number of carbonyl (C=O) groups excluding carboxylic acids is 1. The van der Waals surface area contributed by atoms with E-state index in [1.807, 2.05) is 6.07 Å². The van der Waals surface area contributed by atoms with Crippen molar-refractivity contribution in [2.24, 2.45) is 0 Å². The molecule has 7 heteroatoms. The Balaban J connectivity index is 2.00. The molecule has 1 heterocycles. The SMILES string of the molecule is CN1C(=O)Cc2cc(C(Br)COCC(F)(F)F)ccc21. The van der Waals surface area contributed by atoms with Crippen LogP contribution in [0.4, 0.5) is 18.9 Å². The molecule has 0 radical (unpaired) electrons. The second-order valence-corrected chi connectivity index (χ2v) is 5.72. The number of carbonyl (C=O) groups is 1. The average Bonchev–Trinajstić information content (AvgIpc) is 2.63. The predicted octanol–water partition coefficient (Wildman–Crippen LogP) is 3.22. The summed E-state index contributed by atoms with van der Waals surface area (Å²) in [4.78, 5) is 12.8. The Morgan fingerprint density at radius 3 is 2.80 bits per heavy atom. The van der Waals surface area contributed by atoms with Crippen LogP contribution in [-0.2, 0) is 16.0 Å². The van der Waals surface area contributed by atoms with Crippen LogP contribution in [0.2, 0.25) is 0 Å². The summed E-state index contributed by atoms with van der Waals surface area (Å²) in [5, 5.41) is 0. The number of amides is 1. The molecular weight excluding hydrogens is 339 g/mol. The van der Waals surface area contributed by atoms with Gasteiger partial charge < -0.3 is 9.64 Å². The topological polar surface area (TPSA) is 29.5 Å². The molecule has 3 nitrogen and oxygen atoms in total. The molecule has 0 bridgehead atoms. The first kappa shape index (κ1) is 15.3. The number of ether oxygens (including phenoxy) is 1. The maximum absolute atomic E-state index is 12.0.